The molecule has 132 valence electrons. The molecular weight excluding hydrogens is 320 g/mol. The highest BCUT2D eigenvalue weighted by atomic mass is 16.5. The summed E-state index contributed by atoms with van der Waals surface area (Å²) < 4.78 is 7.39. The second-order valence-electron chi connectivity index (χ2n) is 6.58. The molecule has 0 saturated carbocycles. The molecule has 1 atom stereocenters. The van der Waals surface area contributed by atoms with Gasteiger partial charge in [0.2, 0.25) is 5.91 Å². The van der Waals surface area contributed by atoms with Gasteiger partial charge in [-0.1, -0.05) is 6.07 Å². The maximum absolute atomic E-state index is 12.5. The van der Waals surface area contributed by atoms with Gasteiger partial charge in [-0.05, 0) is 25.0 Å². The summed E-state index contributed by atoms with van der Waals surface area (Å²) in [7, 11) is 0. The highest BCUT2D eigenvalue weighted by Gasteiger charge is 2.31. The Labute approximate surface area is 146 Å². The Morgan fingerprint density at radius 1 is 1.16 bits per heavy atom. The number of pyridine rings is 1. The number of amides is 2. The van der Waals surface area contributed by atoms with Gasteiger partial charge < -0.3 is 18.9 Å². The molecule has 0 radical (unpaired) electrons. The molecule has 0 aliphatic carbocycles. The van der Waals surface area contributed by atoms with Gasteiger partial charge in [-0.25, -0.2) is 4.98 Å². The number of ether oxygens (including phenoxy) is 1. The average molecular weight is 342 g/mol. The molecule has 2 fully saturated rings. The fourth-order valence-corrected chi connectivity index (χ4v) is 3.49. The van der Waals surface area contributed by atoms with E-state index in [9.17, 15) is 9.59 Å². The number of rotatable bonds is 3. The second-order valence-corrected chi connectivity index (χ2v) is 6.58. The van der Waals surface area contributed by atoms with E-state index in [1.165, 1.54) is 0 Å². The minimum Gasteiger partial charge on any atom is -0.368 e. The zero-order valence-corrected chi connectivity index (χ0v) is 14.1. The van der Waals surface area contributed by atoms with E-state index in [2.05, 4.69) is 4.98 Å². The van der Waals surface area contributed by atoms with Gasteiger partial charge in [-0.15, -0.1) is 0 Å². The molecule has 7 heteroatoms. The maximum Gasteiger partial charge on any atom is 0.251 e. The molecule has 2 aliphatic heterocycles. The van der Waals surface area contributed by atoms with Gasteiger partial charge in [0.05, 0.1) is 12.1 Å². The van der Waals surface area contributed by atoms with Crippen LogP contribution in [0.1, 0.15) is 18.5 Å². The van der Waals surface area contributed by atoms with Crippen LogP contribution in [0.5, 0.6) is 0 Å². The molecule has 4 heterocycles. The summed E-state index contributed by atoms with van der Waals surface area (Å²) in [5.41, 5.74) is 1.62. The molecule has 1 unspecified atom stereocenters. The van der Waals surface area contributed by atoms with Crippen molar-refractivity contribution in [3.63, 3.8) is 0 Å². The Morgan fingerprint density at radius 2 is 1.96 bits per heavy atom. The van der Waals surface area contributed by atoms with E-state index in [-0.39, 0.29) is 17.9 Å². The summed E-state index contributed by atoms with van der Waals surface area (Å²) in [5, 5.41) is 0. The molecule has 2 amide bonds. The lowest BCUT2D eigenvalue weighted by atomic mass is 10.2. The Kier molecular flexibility index (Phi) is 4.40. The first kappa shape index (κ1) is 16.1. The predicted octanol–water partition coefficient (Wildman–Crippen LogP) is 0.727. The van der Waals surface area contributed by atoms with Gasteiger partial charge in [0, 0.05) is 45.2 Å². The van der Waals surface area contributed by atoms with E-state index in [4.69, 9.17) is 4.74 Å². The molecule has 2 aromatic heterocycles. The molecular formula is C18H22N4O3. The Balaban J connectivity index is 1.32. The van der Waals surface area contributed by atoms with Crippen molar-refractivity contribution in [2.24, 2.45) is 0 Å². The van der Waals surface area contributed by atoms with Gasteiger partial charge in [-0.2, -0.15) is 0 Å². The highest BCUT2D eigenvalue weighted by Crippen LogP contribution is 2.16. The van der Waals surface area contributed by atoms with Crippen molar-refractivity contribution in [3.05, 3.63) is 36.3 Å². The predicted molar refractivity (Wildman–Crippen MR) is 91.0 cm³/mol. The first-order chi connectivity index (χ1) is 12.2. The summed E-state index contributed by atoms with van der Waals surface area (Å²) in [6.45, 7) is 2.98. The van der Waals surface area contributed by atoms with Crippen molar-refractivity contribution in [1.82, 2.24) is 19.2 Å². The van der Waals surface area contributed by atoms with Gasteiger partial charge >= 0.3 is 0 Å². The number of imidazole rings is 1. The summed E-state index contributed by atoms with van der Waals surface area (Å²) in [4.78, 5) is 33.0. The molecule has 2 saturated heterocycles. The minimum absolute atomic E-state index is 0.0626. The molecule has 0 aromatic carbocycles. The minimum atomic E-state index is -0.278. The second kappa shape index (κ2) is 6.84. The monoisotopic (exact) mass is 342 g/mol. The van der Waals surface area contributed by atoms with Crippen LogP contribution in [0.3, 0.4) is 0 Å². The number of hydrogen-bond donors (Lipinski definition) is 0. The van der Waals surface area contributed by atoms with Crippen LogP contribution in [0.15, 0.2) is 30.6 Å². The van der Waals surface area contributed by atoms with Crippen LogP contribution < -0.4 is 0 Å². The third-order valence-corrected chi connectivity index (χ3v) is 4.90. The van der Waals surface area contributed by atoms with Gasteiger partial charge in [0.15, 0.2) is 0 Å². The SMILES string of the molecule is O=C(Cc1cn2ccccc2n1)N1CCN(C(=O)C2CCCO2)CC1. The lowest BCUT2D eigenvalue weighted by Gasteiger charge is -2.35. The number of hydrogen-bond acceptors (Lipinski definition) is 4. The normalized spacial score (nSPS) is 21.0. The van der Waals surface area contributed by atoms with Crippen molar-refractivity contribution in [2.45, 2.75) is 25.4 Å². The Bertz CT molecular complexity index is 740. The van der Waals surface area contributed by atoms with Gasteiger partial charge in [0.1, 0.15) is 11.8 Å². The summed E-state index contributed by atoms with van der Waals surface area (Å²) in [6, 6.07) is 5.78. The molecule has 7 nitrogen and oxygen atoms in total. The van der Waals surface area contributed by atoms with Crippen LogP contribution in [-0.2, 0) is 20.7 Å². The van der Waals surface area contributed by atoms with Crippen LogP contribution >= 0.6 is 0 Å². The average Bonchev–Trinajstić information content (AvgIpc) is 3.30. The molecule has 25 heavy (non-hydrogen) atoms. The van der Waals surface area contributed by atoms with Gasteiger partial charge in [0.25, 0.3) is 5.91 Å². The van der Waals surface area contributed by atoms with E-state index >= 15 is 0 Å². The molecule has 2 aromatic rings. The van der Waals surface area contributed by atoms with Gasteiger partial charge in [-0.3, -0.25) is 9.59 Å². The van der Waals surface area contributed by atoms with E-state index in [1.807, 2.05) is 44.8 Å². The number of carbonyl (C=O) groups excluding carboxylic acids is 2. The fourth-order valence-electron chi connectivity index (χ4n) is 3.49. The van der Waals surface area contributed by atoms with Crippen LogP contribution in [0.25, 0.3) is 5.65 Å². The smallest absolute Gasteiger partial charge is 0.251 e. The van der Waals surface area contributed by atoms with E-state index in [0.717, 1.165) is 24.2 Å². The van der Waals surface area contributed by atoms with E-state index in [0.29, 0.717) is 39.2 Å². The standard InChI is InChI=1S/C18H22N4O3/c23-17(12-14-13-22-6-2-1-5-16(22)19-14)20-7-9-21(10-8-20)18(24)15-4-3-11-25-15/h1-2,5-6,13,15H,3-4,7-12H2. The van der Waals surface area contributed by atoms with Crippen LogP contribution in [0.4, 0.5) is 0 Å². The van der Waals surface area contributed by atoms with E-state index < -0.39 is 0 Å². The summed E-state index contributed by atoms with van der Waals surface area (Å²) in [5.74, 6) is 0.137. The van der Waals surface area contributed by atoms with Crippen molar-refractivity contribution >= 4 is 17.5 Å². The summed E-state index contributed by atoms with van der Waals surface area (Å²) >= 11 is 0. The summed E-state index contributed by atoms with van der Waals surface area (Å²) in [6.07, 6.45) is 5.59. The van der Waals surface area contributed by atoms with Crippen molar-refractivity contribution in [1.29, 1.82) is 0 Å². The number of nitrogens with zero attached hydrogens (tertiary/aromatic N) is 4. The number of aromatic nitrogens is 2. The first-order valence-corrected chi connectivity index (χ1v) is 8.81. The lowest BCUT2D eigenvalue weighted by molar-refractivity contribution is -0.145. The third-order valence-electron chi connectivity index (χ3n) is 4.90. The van der Waals surface area contributed by atoms with Crippen molar-refractivity contribution in [3.8, 4) is 0 Å². The van der Waals surface area contributed by atoms with Crippen LogP contribution in [0, 0.1) is 0 Å². The fraction of sp³-hybridized carbons (Fsp3) is 0.500. The van der Waals surface area contributed by atoms with E-state index in [1.54, 1.807) is 0 Å². The maximum atomic E-state index is 12.5. The zero-order chi connectivity index (χ0) is 17.2. The third kappa shape index (κ3) is 3.37. The largest absolute Gasteiger partial charge is 0.368 e. The topological polar surface area (TPSA) is 67.2 Å². The number of piperazine rings is 1. The Hall–Kier alpha value is -2.41. The van der Waals surface area contributed by atoms with Crippen molar-refractivity contribution < 1.29 is 14.3 Å². The lowest BCUT2D eigenvalue weighted by Crippen LogP contribution is -2.53. The molecule has 0 spiro atoms. The molecule has 2 aliphatic rings. The number of carbonyl (C=O) groups is 2. The quantitative estimate of drug-likeness (QED) is 0.825. The highest BCUT2D eigenvalue weighted by molar-refractivity contribution is 5.82. The Morgan fingerprint density at radius 3 is 2.68 bits per heavy atom. The molecule has 0 bridgehead atoms. The van der Waals surface area contributed by atoms with Crippen LogP contribution in [0.2, 0.25) is 0 Å². The zero-order valence-electron chi connectivity index (χ0n) is 14.1. The number of fused-ring (bicyclic) bond motifs is 1. The molecule has 0 N–H and O–H groups in total. The molecule has 4 rings (SSSR count). The van der Waals surface area contributed by atoms with Crippen LogP contribution in [-0.4, -0.2) is 69.9 Å². The first-order valence-electron chi connectivity index (χ1n) is 8.81. The van der Waals surface area contributed by atoms with Crippen molar-refractivity contribution in [2.75, 3.05) is 32.8 Å².